The molecule has 2 aliphatic heterocycles. The molecule has 2 N–H and O–H groups in total. The molecule has 2 heterocycles. The molecule has 0 aromatic heterocycles. The predicted octanol–water partition coefficient (Wildman–Crippen LogP) is 2.67. The van der Waals surface area contributed by atoms with E-state index in [1.54, 1.807) is 0 Å². The minimum Gasteiger partial charge on any atom is -0.321 e. The van der Waals surface area contributed by atoms with Gasteiger partial charge in [-0.3, -0.25) is 10.2 Å². The first-order valence-corrected chi connectivity index (χ1v) is 9.96. The Morgan fingerprint density at radius 3 is 2.68 bits per heavy atom. The number of carbonyl (C=O) groups is 1. The van der Waals surface area contributed by atoms with E-state index in [1.807, 2.05) is 17.8 Å². The van der Waals surface area contributed by atoms with Gasteiger partial charge < -0.3 is 4.90 Å². The molecule has 3 rings (SSSR count). The fourth-order valence-corrected chi connectivity index (χ4v) is 4.99. The highest BCUT2D eigenvalue weighted by Crippen LogP contribution is 2.28. The smallest absolute Gasteiger partial charge is 0.247 e. The van der Waals surface area contributed by atoms with E-state index >= 15 is 0 Å². The molecule has 124 valence electrons. The Morgan fingerprint density at radius 1 is 1.14 bits per heavy atom. The van der Waals surface area contributed by atoms with Gasteiger partial charge in [0.1, 0.15) is 0 Å². The molecule has 3 fully saturated rings. The molecule has 22 heavy (non-hydrogen) atoms. The third kappa shape index (κ3) is 4.49. The zero-order valence-corrected chi connectivity index (χ0v) is 14.2. The van der Waals surface area contributed by atoms with Crippen LogP contribution in [-0.2, 0) is 4.79 Å². The van der Waals surface area contributed by atoms with Crippen molar-refractivity contribution in [3.05, 3.63) is 12.2 Å². The van der Waals surface area contributed by atoms with Crippen LogP contribution < -0.4 is 10.9 Å². The van der Waals surface area contributed by atoms with Crippen LogP contribution in [0.2, 0.25) is 0 Å². The second-order valence-corrected chi connectivity index (χ2v) is 8.17. The van der Waals surface area contributed by atoms with E-state index in [4.69, 9.17) is 0 Å². The predicted molar refractivity (Wildman–Crippen MR) is 92.5 cm³/mol. The summed E-state index contributed by atoms with van der Waals surface area (Å²) in [6.45, 7) is 1.83. The molecule has 0 spiro atoms. The molecule has 1 aliphatic carbocycles. The van der Waals surface area contributed by atoms with Crippen molar-refractivity contribution in [2.24, 2.45) is 5.92 Å². The molecule has 2 saturated heterocycles. The third-order valence-electron chi connectivity index (χ3n) is 5.06. The second-order valence-electron chi connectivity index (χ2n) is 6.76. The van der Waals surface area contributed by atoms with E-state index in [1.165, 1.54) is 50.7 Å². The first kappa shape index (κ1) is 16.3. The minimum atomic E-state index is 0.157. The Bertz CT molecular complexity index is 383. The SMILES string of the molecule is O=C(/C=C/C1CCCCC1)N(CC1CCCS1)C1CCNN1. The Kier molecular flexibility index (Phi) is 6.21. The number of rotatable bonds is 5. The summed E-state index contributed by atoms with van der Waals surface area (Å²) in [5, 5.41) is 0.620. The highest BCUT2D eigenvalue weighted by Gasteiger charge is 2.29. The van der Waals surface area contributed by atoms with Crippen molar-refractivity contribution in [1.29, 1.82) is 0 Å². The van der Waals surface area contributed by atoms with Crippen molar-refractivity contribution in [1.82, 2.24) is 15.8 Å². The molecule has 5 heteroatoms. The number of allylic oxidation sites excluding steroid dienone is 1. The van der Waals surface area contributed by atoms with Crippen LogP contribution in [0.25, 0.3) is 0 Å². The van der Waals surface area contributed by atoms with Crippen LogP contribution in [0.15, 0.2) is 12.2 Å². The van der Waals surface area contributed by atoms with Crippen molar-refractivity contribution in [3.8, 4) is 0 Å². The number of hydrogen-bond acceptors (Lipinski definition) is 4. The van der Waals surface area contributed by atoms with Crippen LogP contribution in [0.3, 0.4) is 0 Å². The van der Waals surface area contributed by atoms with E-state index in [0.717, 1.165) is 19.5 Å². The lowest BCUT2D eigenvalue weighted by atomic mass is 9.89. The first-order chi connectivity index (χ1) is 10.8. The number of nitrogens with one attached hydrogen (secondary N) is 2. The largest absolute Gasteiger partial charge is 0.321 e. The average molecular weight is 324 g/mol. The van der Waals surface area contributed by atoms with Gasteiger partial charge in [0.05, 0.1) is 6.17 Å². The van der Waals surface area contributed by atoms with E-state index in [-0.39, 0.29) is 12.1 Å². The fraction of sp³-hybridized carbons (Fsp3) is 0.824. The molecule has 4 nitrogen and oxygen atoms in total. The summed E-state index contributed by atoms with van der Waals surface area (Å²) in [5.74, 6) is 2.07. The highest BCUT2D eigenvalue weighted by atomic mass is 32.2. The minimum absolute atomic E-state index is 0.157. The van der Waals surface area contributed by atoms with Crippen LogP contribution in [-0.4, -0.2) is 41.1 Å². The van der Waals surface area contributed by atoms with Gasteiger partial charge in [-0.05, 0) is 49.9 Å². The normalized spacial score (nSPS) is 30.2. The number of carbonyl (C=O) groups excluding carboxylic acids is 1. The van der Waals surface area contributed by atoms with Crippen LogP contribution >= 0.6 is 11.8 Å². The Labute approximate surface area is 138 Å². The number of nitrogens with zero attached hydrogens (tertiary/aromatic N) is 1. The Balaban J connectivity index is 1.58. The zero-order valence-electron chi connectivity index (χ0n) is 13.4. The lowest BCUT2D eigenvalue weighted by Crippen LogP contribution is -2.49. The van der Waals surface area contributed by atoms with Crippen LogP contribution in [0.5, 0.6) is 0 Å². The van der Waals surface area contributed by atoms with Crippen molar-refractivity contribution < 1.29 is 4.79 Å². The topological polar surface area (TPSA) is 44.4 Å². The maximum absolute atomic E-state index is 12.7. The van der Waals surface area contributed by atoms with E-state index in [2.05, 4.69) is 21.8 Å². The van der Waals surface area contributed by atoms with Crippen molar-refractivity contribution >= 4 is 17.7 Å². The third-order valence-corrected chi connectivity index (χ3v) is 6.44. The summed E-state index contributed by atoms with van der Waals surface area (Å²) in [5.41, 5.74) is 6.42. The highest BCUT2D eigenvalue weighted by molar-refractivity contribution is 8.00. The maximum Gasteiger partial charge on any atom is 0.247 e. The van der Waals surface area contributed by atoms with Gasteiger partial charge in [0.2, 0.25) is 5.91 Å². The van der Waals surface area contributed by atoms with Gasteiger partial charge in [0.15, 0.2) is 0 Å². The van der Waals surface area contributed by atoms with Crippen molar-refractivity contribution in [3.63, 3.8) is 0 Å². The molecule has 1 saturated carbocycles. The number of hydrazine groups is 1. The molecule has 0 bridgehead atoms. The summed E-state index contributed by atoms with van der Waals surface area (Å²) in [6.07, 6.45) is 14.3. The van der Waals surface area contributed by atoms with E-state index < -0.39 is 0 Å². The van der Waals surface area contributed by atoms with Gasteiger partial charge in [0, 0.05) is 18.3 Å². The fourth-order valence-electron chi connectivity index (χ4n) is 3.72. The second kappa shape index (κ2) is 8.37. The molecule has 0 aromatic rings. The van der Waals surface area contributed by atoms with Gasteiger partial charge in [0.25, 0.3) is 0 Å². The van der Waals surface area contributed by atoms with Gasteiger partial charge >= 0.3 is 0 Å². The number of hydrogen-bond donors (Lipinski definition) is 2. The quantitative estimate of drug-likeness (QED) is 0.764. The van der Waals surface area contributed by atoms with Crippen LogP contribution in [0.1, 0.15) is 51.4 Å². The molecule has 0 radical (unpaired) electrons. The molecule has 2 unspecified atom stereocenters. The lowest BCUT2D eigenvalue weighted by Gasteiger charge is -2.30. The van der Waals surface area contributed by atoms with Gasteiger partial charge in [-0.2, -0.15) is 11.8 Å². The van der Waals surface area contributed by atoms with Gasteiger partial charge in [-0.25, -0.2) is 5.43 Å². The monoisotopic (exact) mass is 323 g/mol. The molecule has 2 atom stereocenters. The van der Waals surface area contributed by atoms with Crippen LogP contribution in [0, 0.1) is 5.92 Å². The summed E-state index contributed by atoms with van der Waals surface area (Å²) >= 11 is 2.03. The first-order valence-electron chi connectivity index (χ1n) is 8.92. The number of amides is 1. The summed E-state index contributed by atoms with van der Waals surface area (Å²) < 4.78 is 0. The molecule has 0 aromatic carbocycles. The number of thioether (sulfide) groups is 1. The maximum atomic E-state index is 12.7. The zero-order chi connectivity index (χ0) is 15.2. The molecular weight excluding hydrogens is 294 g/mol. The Hall–Kier alpha value is -0.520. The summed E-state index contributed by atoms with van der Waals surface area (Å²) in [4.78, 5) is 14.8. The van der Waals surface area contributed by atoms with E-state index in [9.17, 15) is 4.79 Å². The molecule has 3 aliphatic rings. The average Bonchev–Trinajstić information content (AvgIpc) is 3.24. The van der Waals surface area contributed by atoms with Gasteiger partial charge in [-0.15, -0.1) is 0 Å². The van der Waals surface area contributed by atoms with Crippen LogP contribution in [0.4, 0.5) is 0 Å². The Morgan fingerprint density at radius 2 is 2.00 bits per heavy atom. The van der Waals surface area contributed by atoms with Crippen molar-refractivity contribution in [2.75, 3.05) is 18.8 Å². The van der Waals surface area contributed by atoms with Gasteiger partial charge in [-0.1, -0.05) is 25.3 Å². The molecular formula is C17H29N3OS. The lowest BCUT2D eigenvalue weighted by molar-refractivity contribution is -0.128. The van der Waals surface area contributed by atoms with Crippen molar-refractivity contribution in [2.45, 2.75) is 62.8 Å². The summed E-state index contributed by atoms with van der Waals surface area (Å²) in [7, 11) is 0. The molecule has 1 amide bonds. The summed E-state index contributed by atoms with van der Waals surface area (Å²) in [6, 6.07) is 0. The standard InChI is InChI=1S/C17H29N3OS/c21-17(9-8-14-5-2-1-3-6-14)20(16-10-11-18-19-16)13-15-7-4-12-22-15/h8-9,14-16,18-19H,1-7,10-13H2/b9-8+. The van der Waals surface area contributed by atoms with E-state index in [0.29, 0.717) is 11.2 Å².